The number of likely N-dealkylation sites (tertiary alicyclic amines) is 1. The van der Waals surface area contributed by atoms with Gasteiger partial charge in [0.1, 0.15) is 28.8 Å². The van der Waals surface area contributed by atoms with Gasteiger partial charge in [0, 0.05) is 57.5 Å². The standard InChI is InChI=1S/C28H31F2N7O2/c1-18-26(24-9-10-35(2)33-24)34-37(22-7-5-4-6-8-22)27(18)32-28(38)31-25-17-36(11-12-39-3)16-23(25)19-13-20(29)15-21(30)14-19/h4-10,13-15,23,25H,11-12,16-17H2,1-3H3,(H2,31,32,38)/t23-,25+/m0/s1. The number of hydrogen-bond donors (Lipinski definition) is 2. The lowest BCUT2D eigenvalue weighted by Gasteiger charge is -2.21. The van der Waals surface area contributed by atoms with Crippen molar-refractivity contribution in [3.05, 3.63) is 83.6 Å². The number of carbonyl (C=O) groups is 1. The van der Waals surface area contributed by atoms with E-state index in [1.807, 2.05) is 56.6 Å². The van der Waals surface area contributed by atoms with Gasteiger partial charge in [0.05, 0.1) is 18.3 Å². The van der Waals surface area contributed by atoms with E-state index in [0.29, 0.717) is 49.0 Å². The van der Waals surface area contributed by atoms with E-state index >= 15 is 0 Å². The van der Waals surface area contributed by atoms with Crippen LogP contribution in [0.15, 0.2) is 60.8 Å². The normalized spacial score (nSPS) is 17.5. The Bertz CT molecular complexity index is 1430. The van der Waals surface area contributed by atoms with Crippen molar-refractivity contribution in [2.75, 3.05) is 38.7 Å². The Morgan fingerprint density at radius 3 is 2.49 bits per heavy atom. The number of ether oxygens (including phenoxy) is 1. The van der Waals surface area contributed by atoms with Gasteiger partial charge in [-0.2, -0.15) is 10.2 Å². The molecule has 9 nitrogen and oxygen atoms in total. The van der Waals surface area contributed by atoms with Gasteiger partial charge >= 0.3 is 6.03 Å². The van der Waals surface area contributed by atoms with Gasteiger partial charge in [-0.15, -0.1) is 0 Å². The molecule has 4 aromatic rings. The molecular weight excluding hydrogens is 504 g/mol. The Hall–Kier alpha value is -4.09. The van der Waals surface area contributed by atoms with E-state index in [1.165, 1.54) is 12.1 Å². The largest absolute Gasteiger partial charge is 0.383 e. The van der Waals surface area contributed by atoms with Crippen molar-refractivity contribution in [3.8, 4) is 17.1 Å². The number of rotatable bonds is 8. The van der Waals surface area contributed by atoms with Crippen LogP contribution in [0.4, 0.5) is 19.4 Å². The number of urea groups is 1. The maximum Gasteiger partial charge on any atom is 0.320 e. The van der Waals surface area contributed by atoms with Gasteiger partial charge in [-0.1, -0.05) is 18.2 Å². The first-order chi connectivity index (χ1) is 18.8. The molecule has 2 N–H and O–H groups in total. The summed E-state index contributed by atoms with van der Waals surface area (Å²) in [4.78, 5) is 15.5. The molecule has 0 aliphatic carbocycles. The van der Waals surface area contributed by atoms with Crippen molar-refractivity contribution in [2.45, 2.75) is 18.9 Å². The fourth-order valence-corrected chi connectivity index (χ4v) is 5.06. The number of nitrogens with one attached hydrogen (secondary N) is 2. The van der Waals surface area contributed by atoms with E-state index < -0.39 is 17.7 Å². The van der Waals surface area contributed by atoms with Crippen LogP contribution in [0, 0.1) is 18.6 Å². The molecule has 1 aliphatic heterocycles. The second-order valence-electron chi connectivity index (χ2n) is 9.71. The van der Waals surface area contributed by atoms with Gasteiger partial charge in [-0.25, -0.2) is 18.3 Å². The highest BCUT2D eigenvalue weighted by Crippen LogP contribution is 2.31. The summed E-state index contributed by atoms with van der Waals surface area (Å²) in [5.74, 6) is -1.09. The van der Waals surface area contributed by atoms with Crippen LogP contribution in [-0.4, -0.2) is 69.9 Å². The molecule has 2 atom stereocenters. The molecule has 0 unspecified atom stereocenters. The number of nitrogens with zero attached hydrogens (tertiary/aromatic N) is 5. The highest BCUT2D eigenvalue weighted by Gasteiger charge is 2.35. The van der Waals surface area contributed by atoms with Gasteiger partial charge in [0.2, 0.25) is 0 Å². The van der Waals surface area contributed by atoms with Gasteiger partial charge < -0.3 is 10.1 Å². The fraction of sp³-hybridized carbons (Fsp3) is 0.321. The highest BCUT2D eigenvalue weighted by atomic mass is 19.1. The SMILES string of the molecule is COCCN1C[C@@H](NC(=O)Nc2c(C)c(-c3ccn(C)n3)nn2-c2ccccc2)[C@H](c2cc(F)cc(F)c2)C1. The summed E-state index contributed by atoms with van der Waals surface area (Å²) in [6.07, 6.45) is 1.83. The molecule has 11 heteroatoms. The van der Waals surface area contributed by atoms with E-state index in [9.17, 15) is 13.6 Å². The Labute approximate surface area is 225 Å². The van der Waals surface area contributed by atoms with E-state index in [1.54, 1.807) is 16.5 Å². The zero-order chi connectivity index (χ0) is 27.5. The average molecular weight is 536 g/mol. The molecule has 39 heavy (non-hydrogen) atoms. The summed E-state index contributed by atoms with van der Waals surface area (Å²) in [7, 11) is 3.45. The molecule has 3 heterocycles. The summed E-state index contributed by atoms with van der Waals surface area (Å²) in [6, 6.07) is 14.0. The lowest BCUT2D eigenvalue weighted by atomic mass is 9.94. The second kappa shape index (κ2) is 11.3. The molecular formula is C28H31F2N7O2. The molecule has 0 radical (unpaired) electrons. The van der Waals surface area contributed by atoms with Crippen molar-refractivity contribution in [1.29, 1.82) is 0 Å². The van der Waals surface area contributed by atoms with E-state index in [4.69, 9.17) is 9.84 Å². The molecule has 204 valence electrons. The minimum atomic E-state index is -0.645. The van der Waals surface area contributed by atoms with Crippen molar-refractivity contribution in [3.63, 3.8) is 0 Å². The molecule has 2 amide bonds. The molecule has 0 bridgehead atoms. The fourth-order valence-electron chi connectivity index (χ4n) is 5.06. The number of halogens is 2. The van der Waals surface area contributed by atoms with E-state index in [0.717, 1.165) is 17.3 Å². The van der Waals surface area contributed by atoms with Gasteiger partial charge in [-0.3, -0.25) is 14.9 Å². The van der Waals surface area contributed by atoms with Crippen LogP contribution in [0.1, 0.15) is 17.0 Å². The number of anilines is 1. The van der Waals surface area contributed by atoms with Crippen molar-refractivity contribution < 1.29 is 18.3 Å². The Balaban J connectivity index is 1.42. The predicted octanol–water partition coefficient (Wildman–Crippen LogP) is 4.10. The molecule has 0 saturated carbocycles. The first kappa shape index (κ1) is 26.5. The Kier molecular flexibility index (Phi) is 7.71. The third kappa shape index (κ3) is 5.84. The second-order valence-corrected chi connectivity index (χ2v) is 9.71. The molecule has 1 saturated heterocycles. The number of para-hydroxylation sites is 1. The van der Waals surface area contributed by atoms with Crippen molar-refractivity contribution in [1.82, 2.24) is 29.8 Å². The number of amides is 2. The number of benzene rings is 2. The summed E-state index contributed by atoms with van der Waals surface area (Å²) >= 11 is 0. The van der Waals surface area contributed by atoms with Gasteiger partial charge in [-0.05, 0) is 42.8 Å². The summed E-state index contributed by atoms with van der Waals surface area (Å²) < 4.78 is 36.7. The van der Waals surface area contributed by atoms with Crippen LogP contribution in [0.2, 0.25) is 0 Å². The Morgan fingerprint density at radius 2 is 1.82 bits per heavy atom. The summed E-state index contributed by atoms with van der Waals surface area (Å²) in [6.45, 7) is 4.07. The first-order valence-corrected chi connectivity index (χ1v) is 12.7. The smallest absolute Gasteiger partial charge is 0.320 e. The summed E-state index contributed by atoms with van der Waals surface area (Å²) in [5, 5.41) is 15.3. The quantitative estimate of drug-likeness (QED) is 0.355. The average Bonchev–Trinajstić information content (AvgIpc) is 3.60. The van der Waals surface area contributed by atoms with Crippen LogP contribution in [-0.2, 0) is 11.8 Å². The first-order valence-electron chi connectivity index (χ1n) is 12.7. The van der Waals surface area contributed by atoms with E-state index in [2.05, 4.69) is 20.6 Å². The molecule has 1 fully saturated rings. The number of hydrogen-bond acceptors (Lipinski definition) is 5. The number of aromatic nitrogens is 4. The van der Waals surface area contributed by atoms with Crippen molar-refractivity contribution >= 4 is 11.8 Å². The van der Waals surface area contributed by atoms with E-state index in [-0.39, 0.29) is 12.0 Å². The maximum absolute atomic E-state index is 14.1. The minimum Gasteiger partial charge on any atom is -0.383 e. The monoisotopic (exact) mass is 535 g/mol. The maximum atomic E-state index is 14.1. The molecule has 0 spiro atoms. The van der Waals surface area contributed by atoms with Crippen LogP contribution < -0.4 is 10.6 Å². The third-order valence-electron chi connectivity index (χ3n) is 6.95. The molecule has 5 rings (SSSR count). The molecule has 1 aliphatic rings. The lowest BCUT2D eigenvalue weighted by Crippen LogP contribution is -2.42. The van der Waals surface area contributed by atoms with Crippen molar-refractivity contribution in [2.24, 2.45) is 7.05 Å². The predicted molar refractivity (Wildman–Crippen MR) is 144 cm³/mol. The zero-order valence-electron chi connectivity index (χ0n) is 22.1. The van der Waals surface area contributed by atoms with Crippen LogP contribution in [0.3, 0.4) is 0 Å². The number of aryl methyl sites for hydroxylation is 1. The number of carbonyl (C=O) groups excluding carboxylic acids is 1. The number of methoxy groups -OCH3 is 1. The lowest BCUT2D eigenvalue weighted by molar-refractivity contribution is 0.159. The van der Waals surface area contributed by atoms with Crippen LogP contribution in [0.25, 0.3) is 17.1 Å². The van der Waals surface area contributed by atoms with Gasteiger partial charge in [0.25, 0.3) is 0 Å². The highest BCUT2D eigenvalue weighted by molar-refractivity contribution is 5.91. The molecule has 2 aromatic heterocycles. The van der Waals surface area contributed by atoms with Gasteiger partial charge in [0.15, 0.2) is 0 Å². The molecule has 2 aromatic carbocycles. The zero-order valence-corrected chi connectivity index (χ0v) is 22.1. The van der Waals surface area contributed by atoms with Crippen LogP contribution in [0.5, 0.6) is 0 Å². The topological polar surface area (TPSA) is 89.2 Å². The van der Waals surface area contributed by atoms with Crippen LogP contribution >= 0.6 is 0 Å². The summed E-state index contributed by atoms with van der Waals surface area (Å²) in [5.41, 5.74) is 3.36. The Morgan fingerprint density at radius 1 is 1.08 bits per heavy atom. The minimum absolute atomic E-state index is 0.304. The third-order valence-corrected chi connectivity index (χ3v) is 6.95.